The van der Waals surface area contributed by atoms with E-state index in [9.17, 15) is 31.5 Å². The number of nitrogens with one attached hydrogen (secondary N) is 2. The van der Waals surface area contributed by atoms with E-state index in [2.05, 4.69) is 15.6 Å². The van der Waals surface area contributed by atoms with Gasteiger partial charge in [0.25, 0.3) is 5.91 Å². The van der Waals surface area contributed by atoms with Crippen molar-refractivity contribution in [3.63, 3.8) is 0 Å². The summed E-state index contributed by atoms with van der Waals surface area (Å²) >= 11 is 0. The quantitative estimate of drug-likeness (QED) is 0.232. The molecule has 3 aromatic rings. The number of alkyl halides is 3. The molecule has 11 nitrogen and oxygen atoms in total. The smallest absolute Gasteiger partial charge is 0.490 e. The predicted molar refractivity (Wildman–Crippen MR) is 142 cm³/mol. The second-order valence-electron chi connectivity index (χ2n) is 9.68. The van der Waals surface area contributed by atoms with Gasteiger partial charge in [-0.15, -0.1) is 0 Å². The van der Waals surface area contributed by atoms with Crippen molar-refractivity contribution in [1.82, 2.24) is 20.0 Å². The van der Waals surface area contributed by atoms with Crippen LogP contribution in [-0.4, -0.2) is 62.9 Å². The van der Waals surface area contributed by atoms with Crippen LogP contribution in [0.3, 0.4) is 0 Å². The molecule has 0 aliphatic heterocycles. The average Bonchev–Trinajstić information content (AvgIpc) is 3.22. The Morgan fingerprint density at radius 3 is 2.26 bits per heavy atom. The number of aliphatic carboxylic acids is 1. The molecule has 2 aromatic heterocycles. The Balaban J connectivity index is 0.000000821. The molecule has 1 unspecified atom stereocenters. The number of ether oxygens (including phenoxy) is 2. The number of nitrogens with zero attached hydrogens (tertiary/aromatic N) is 2. The molecule has 0 radical (unpaired) electrons. The van der Waals surface area contributed by atoms with Crippen LogP contribution < -0.4 is 20.1 Å². The minimum absolute atomic E-state index is 0.0716. The zero-order valence-corrected chi connectivity index (χ0v) is 23.9. The maximum Gasteiger partial charge on any atom is 0.490 e. The van der Waals surface area contributed by atoms with E-state index in [0.29, 0.717) is 17.8 Å². The van der Waals surface area contributed by atoms with E-state index in [0.717, 1.165) is 18.1 Å². The molecule has 1 atom stereocenters. The second-order valence-corrected chi connectivity index (χ2v) is 9.68. The third kappa shape index (κ3) is 8.93. The van der Waals surface area contributed by atoms with E-state index >= 15 is 0 Å². The molecule has 2 heterocycles. The molecule has 2 amide bonds. The van der Waals surface area contributed by atoms with Gasteiger partial charge >= 0.3 is 18.2 Å². The van der Waals surface area contributed by atoms with E-state index < -0.39 is 47.9 Å². The first-order chi connectivity index (χ1) is 19.9. The number of carbonyl (C=O) groups is 3. The molecule has 0 aliphatic carbocycles. The Kier molecular flexibility index (Phi) is 11.3. The van der Waals surface area contributed by atoms with Gasteiger partial charge in [0, 0.05) is 12.7 Å². The van der Waals surface area contributed by atoms with Crippen molar-refractivity contribution in [2.75, 3.05) is 13.7 Å². The molecule has 0 saturated heterocycles. The lowest BCUT2D eigenvalue weighted by molar-refractivity contribution is -0.192. The summed E-state index contributed by atoms with van der Waals surface area (Å²) < 4.78 is 72.8. The summed E-state index contributed by atoms with van der Waals surface area (Å²) in [4.78, 5) is 37.7. The fourth-order valence-electron chi connectivity index (χ4n) is 4.12. The van der Waals surface area contributed by atoms with Gasteiger partial charge in [-0.25, -0.2) is 23.4 Å². The second kappa shape index (κ2) is 14.0. The minimum Gasteiger partial charge on any atom is -0.494 e. The van der Waals surface area contributed by atoms with Crippen LogP contribution in [0.5, 0.6) is 11.5 Å². The van der Waals surface area contributed by atoms with Crippen LogP contribution in [0.15, 0.2) is 24.4 Å². The Morgan fingerprint density at radius 2 is 1.72 bits per heavy atom. The Morgan fingerprint density at radius 1 is 1.09 bits per heavy atom. The van der Waals surface area contributed by atoms with Crippen LogP contribution in [0.2, 0.25) is 0 Å². The first kappa shape index (κ1) is 34.6. The topological polar surface area (TPSA) is 151 Å². The van der Waals surface area contributed by atoms with Gasteiger partial charge < -0.3 is 30.3 Å². The number of aromatic nitrogens is 2. The number of fused-ring (bicyclic) bond motifs is 1. The van der Waals surface area contributed by atoms with Gasteiger partial charge in [0.2, 0.25) is 0 Å². The number of amides is 2. The number of aryl methyl sites for hydroxylation is 2. The molecule has 0 spiro atoms. The summed E-state index contributed by atoms with van der Waals surface area (Å²) in [6.07, 6.45) is -3.31. The van der Waals surface area contributed by atoms with E-state index in [1.165, 1.54) is 13.2 Å². The number of pyridine rings is 1. The van der Waals surface area contributed by atoms with Gasteiger partial charge in [-0.1, -0.05) is 13.3 Å². The summed E-state index contributed by atoms with van der Waals surface area (Å²) in [5.74, 6) is -4.70. The average molecular weight is 619 g/mol. The van der Waals surface area contributed by atoms with Crippen LogP contribution in [0.1, 0.15) is 54.0 Å². The Hall–Kier alpha value is -4.63. The number of rotatable bonds is 10. The molecule has 0 aliphatic rings. The lowest BCUT2D eigenvalue weighted by atomic mass is 9.96. The zero-order chi connectivity index (χ0) is 32.7. The van der Waals surface area contributed by atoms with Crippen LogP contribution >= 0.6 is 0 Å². The fraction of sp³-hybridized carbons (Fsp3) is 0.407. The van der Waals surface area contributed by atoms with E-state index in [1.807, 2.05) is 6.92 Å². The summed E-state index contributed by atoms with van der Waals surface area (Å²) in [5, 5.41) is 21.5. The molecule has 0 bridgehead atoms. The highest BCUT2D eigenvalue weighted by atomic mass is 19.4. The van der Waals surface area contributed by atoms with Gasteiger partial charge in [-0.3, -0.25) is 9.20 Å². The van der Waals surface area contributed by atoms with Gasteiger partial charge in [-0.05, 0) is 51.0 Å². The molecule has 1 aromatic carbocycles. The molecule has 16 heteroatoms. The molecule has 3 rings (SSSR count). The molecule has 236 valence electrons. The highest BCUT2D eigenvalue weighted by molar-refractivity contribution is 5.95. The largest absolute Gasteiger partial charge is 0.494 e. The first-order valence-electron chi connectivity index (χ1n) is 12.7. The molecular weight excluding hydrogens is 587 g/mol. The normalized spacial score (nSPS) is 12.5. The number of halogens is 5. The molecular formula is C27H31F5N4O7. The fourth-order valence-corrected chi connectivity index (χ4v) is 4.12. The molecule has 0 fully saturated rings. The van der Waals surface area contributed by atoms with Crippen molar-refractivity contribution >= 4 is 23.6 Å². The number of benzene rings is 1. The summed E-state index contributed by atoms with van der Waals surface area (Å²) in [5.41, 5.74) is 0.526. The highest BCUT2D eigenvalue weighted by Gasteiger charge is 2.38. The first-order valence-corrected chi connectivity index (χ1v) is 12.7. The van der Waals surface area contributed by atoms with Crippen LogP contribution in [0, 0.1) is 25.5 Å². The van der Waals surface area contributed by atoms with Crippen molar-refractivity contribution in [3.8, 4) is 11.5 Å². The molecule has 43 heavy (non-hydrogen) atoms. The maximum atomic E-state index is 14.6. The number of carbonyl (C=O) groups excluding carboxylic acids is 1. The highest BCUT2D eigenvalue weighted by Crippen LogP contribution is 2.28. The predicted octanol–water partition coefficient (Wildman–Crippen LogP) is 5.01. The van der Waals surface area contributed by atoms with Gasteiger partial charge in [-0.2, -0.15) is 13.2 Å². The lowest BCUT2D eigenvalue weighted by Gasteiger charge is -2.29. The third-order valence-electron chi connectivity index (χ3n) is 6.05. The van der Waals surface area contributed by atoms with E-state index in [1.54, 1.807) is 37.4 Å². The van der Waals surface area contributed by atoms with Crippen molar-refractivity contribution in [2.45, 2.75) is 58.9 Å². The van der Waals surface area contributed by atoms with Gasteiger partial charge in [0.05, 0.1) is 23.9 Å². The molecule has 0 saturated carbocycles. The standard InChI is InChI=1S/C25H30F2N4O5.C2HF3O2/c1-6-9-25(4,30-24(33)34)13-28-23(32)21-15(3)29-22-19(10-14(2)11-31(21)22)36-12-16-17(26)7-8-18(35-5)20(16)27;3-2(4,5)1(6)7/h7-8,10-11,30H,6,9,12-13H2,1-5H3,(H,28,32)(H,33,34);(H,6,7). The number of methoxy groups -OCH3 is 1. The zero-order valence-electron chi connectivity index (χ0n) is 23.9. The monoisotopic (exact) mass is 618 g/mol. The van der Waals surface area contributed by atoms with E-state index in [4.69, 9.17) is 24.5 Å². The van der Waals surface area contributed by atoms with E-state index in [-0.39, 0.29) is 29.3 Å². The summed E-state index contributed by atoms with van der Waals surface area (Å²) in [6, 6.07) is 3.95. The van der Waals surface area contributed by atoms with Gasteiger partial charge in [0.15, 0.2) is 23.0 Å². The van der Waals surface area contributed by atoms with Crippen molar-refractivity contribution < 1.29 is 56.0 Å². The SMILES string of the molecule is CCCC(C)(CNC(=O)c1c(C)nc2c(OCc3c(F)ccc(OC)c3F)cc(C)cn12)NC(=O)O.O=C(O)C(F)(F)F. The van der Waals surface area contributed by atoms with Crippen LogP contribution in [-0.2, 0) is 11.4 Å². The number of carboxylic acids is 1. The van der Waals surface area contributed by atoms with Crippen molar-refractivity contribution in [3.05, 3.63) is 58.5 Å². The Labute approximate surface area is 242 Å². The number of hydrogen-bond donors (Lipinski definition) is 4. The van der Waals surface area contributed by atoms with Crippen LogP contribution in [0.25, 0.3) is 5.65 Å². The minimum atomic E-state index is -5.08. The number of hydrogen-bond acceptors (Lipinski definition) is 6. The van der Waals surface area contributed by atoms with Crippen LogP contribution in [0.4, 0.5) is 26.7 Å². The maximum absolute atomic E-state index is 14.6. The number of imidazole rings is 1. The Bertz CT molecular complexity index is 1490. The lowest BCUT2D eigenvalue weighted by Crippen LogP contribution is -2.53. The van der Waals surface area contributed by atoms with Gasteiger partial charge in [0.1, 0.15) is 18.1 Å². The van der Waals surface area contributed by atoms with Crippen molar-refractivity contribution in [2.24, 2.45) is 0 Å². The summed E-state index contributed by atoms with van der Waals surface area (Å²) in [6.45, 7) is 6.74. The number of carboxylic acid groups (broad SMARTS) is 2. The van der Waals surface area contributed by atoms with Crippen molar-refractivity contribution in [1.29, 1.82) is 0 Å². The summed E-state index contributed by atoms with van der Waals surface area (Å²) in [7, 11) is 1.29. The third-order valence-corrected chi connectivity index (χ3v) is 6.05. The molecule has 4 N–H and O–H groups in total.